The number of methoxy groups -OCH3 is 1. The Morgan fingerprint density at radius 3 is 3.17 bits per heavy atom. The lowest BCUT2D eigenvalue weighted by atomic mass is 10.5. The van der Waals surface area contributed by atoms with E-state index in [2.05, 4.69) is 9.72 Å². The maximum Gasteiger partial charge on any atom is 0.349 e. The van der Waals surface area contributed by atoms with Gasteiger partial charge in [0.15, 0.2) is 0 Å². The molecule has 4 nitrogen and oxygen atoms in total. The number of carbonyl (C=O) groups is 1. The Morgan fingerprint density at radius 1 is 1.83 bits per heavy atom. The van der Waals surface area contributed by atoms with Gasteiger partial charge in [0.2, 0.25) is 0 Å². The summed E-state index contributed by atoms with van der Waals surface area (Å²) in [4.78, 5) is 15.5. The van der Waals surface area contributed by atoms with Crippen LogP contribution in [0.15, 0.2) is 6.20 Å². The van der Waals surface area contributed by atoms with E-state index in [9.17, 15) is 4.79 Å². The fourth-order valence-corrected chi connectivity index (χ4v) is 1.60. The van der Waals surface area contributed by atoms with Gasteiger partial charge in [-0.3, -0.25) is 0 Å². The predicted molar refractivity (Wildman–Crippen MR) is 46.2 cm³/mol. The molecular formula is C7H10N2O2S. The van der Waals surface area contributed by atoms with Crippen LogP contribution in [0.3, 0.4) is 0 Å². The molecule has 2 N–H and O–H groups in total. The maximum atomic E-state index is 10.9. The third-order valence-electron chi connectivity index (χ3n) is 1.30. The van der Waals surface area contributed by atoms with Crippen LogP contribution in [0.2, 0.25) is 0 Å². The molecule has 0 fully saturated rings. The Bertz CT molecular complexity index is 272. The molecule has 1 aromatic rings. The number of ether oxygens (including phenoxy) is 1. The largest absolute Gasteiger partial charge is 0.465 e. The Balaban J connectivity index is 2.70. The summed E-state index contributed by atoms with van der Waals surface area (Å²) >= 11 is 1.32. The van der Waals surface area contributed by atoms with Gasteiger partial charge in [-0.05, 0) is 6.54 Å². The molecule has 12 heavy (non-hydrogen) atoms. The lowest BCUT2D eigenvalue weighted by Gasteiger charge is -1.90. The molecule has 66 valence electrons. The number of hydrogen-bond acceptors (Lipinski definition) is 5. The summed E-state index contributed by atoms with van der Waals surface area (Å²) in [7, 11) is 1.35. The van der Waals surface area contributed by atoms with Gasteiger partial charge in [0.1, 0.15) is 4.88 Å². The van der Waals surface area contributed by atoms with Gasteiger partial charge in [-0.2, -0.15) is 0 Å². The van der Waals surface area contributed by atoms with Crippen molar-refractivity contribution in [2.75, 3.05) is 13.7 Å². The Kier molecular flexibility index (Phi) is 3.19. The summed E-state index contributed by atoms with van der Waals surface area (Å²) in [6.07, 6.45) is 2.23. The van der Waals surface area contributed by atoms with E-state index >= 15 is 0 Å². The number of aromatic nitrogens is 1. The first-order valence-corrected chi connectivity index (χ1v) is 4.32. The SMILES string of the molecule is COC(=O)c1cnc(CCN)s1. The first-order valence-electron chi connectivity index (χ1n) is 3.51. The van der Waals surface area contributed by atoms with Crippen LogP contribution >= 0.6 is 11.3 Å². The Hall–Kier alpha value is -0.940. The van der Waals surface area contributed by atoms with Crippen LogP contribution in [0.4, 0.5) is 0 Å². The molecule has 1 rings (SSSR count). The number of carbonyl (C=O) groups excluding carboxylic acids is 1. The van der Waals surface area contributed by atoms with E-state index in [0.29, 0.717) is 17.8 Å². The van der Waals surface area contributed by atoms with Crippen LogP contribution in [0, 0.1) is 0 Å². The third kappa shape index (κ3) is 2.02. The monoisotopic (exact) mass is 186 g/mol. The van der Waals surface area contributed by atoms with Crippen LogP contribution in [-0.2, 0) is 11.2 Å². The Labute approximate surface area is 74.4 Å². The zero-order valence-electron chi connectivity index (χ0n) is 6.74. The van der Waals surface area contributed by atoms with Crippen LogP contribution in [0.25, 0.3) is 0 Å². The van der Waals surface area contributed by atoms with Crippen molar-refractivity contribution < 1.29 is 9.53 Å². The minimum atomic E-state index is -0.337. The number of nitrogens with two attached hydrogens (primary N) is 1. The van der Waals surface area contributed by atoms with E-state index in [0.717, 1.165) is 5.01 Å². The number of thiazole rings is 1. The average molecular weight is 186 g/mol. The highest BCUT2D eigenvalue weighted by atomic mass is 32.1. The number of nitrogens with zero attached hydrogens (tertiary/aromatic N) is 1. The highest BCUT2D eigenvalue weighted by Gasteiger charge is 2.09. The van der Waals surface area contributed by atoms with Gasteiger partial charge in [-0.25, -0.2) is 9.78 Å². The standard InChI is InChI=1S/C7H10N2O2S/c1-11-7(10)5-4-9-6(12-5)2-3-8/h4H,2-3,8H2,1H3. The molecule has 0 bridgehead atoms. The first kappa shape index (κ1) is 9.15. The van der Waals surface area contributed by atoms with E-state index in [-0.39, 0.29) is 5.97 Å². The predicted octanol–water partition coefficient (Wildman–Crippen LogP) is 0.431. The number of esters is 1. The van der Waals surface area contributed by atoms with E-state index in [4.69, 9.17) is 5.73 Å². The van der Waals surface area contributed by atoms with Crippen molar-refractivity contribution in [2.45, 2.75) is 6.42 Å². The molecule has 0 radical (unpaired) electrons. The molecular weight excluding hydrogens is 176 g/mol. The lowest BCUT2D eigenvalue weighted by Crippen LogP contribution is -2.01. The van der Waals surface area contributed by atoms with Crippen molar-refractivity contribution >= 4 is 17.3 Å². The fourth-order valence-electron chi connectivity index (χ4n) is 0.744. The molecule has 0 aliphatic heterocycles. The molecule has 0 amide bonds. The minimum Gasteiger partial charge on any atom is -0.465 e. The number of hydrogen-bond donors (Lipinski definition) is 1. The van der Waals surface area contributed by atoms with Crippen LogP contribution in [-0.4, -0.2) is 24.6 Å². The summed E-state index contributed by atoms with van der Waals surface area (Å²) in [5.41, 5.74) is 5.33. The molecule has 0 aliphatic rings. The smallest absolute Gasteiger partial charge is 0.349 e. The number of rotatable bonds is 3. The van der Waals surface area contributed by atoms with Gasteiger partial charge in [0.25, 0.3) is 0 Å². The quantitative estimate of drug-likeness (QED) is 0.695. The van der Waals surface area contributed by atoms with Gasteiger partial charge in [-0.15, -0.1) is 11.3 Å². The second kappa shape index (κ2) is 4.18. The summed E-state index contributed by atoms with van der Waals surface area (Å²) in [5, 5.41) is 0.873. The van der Waals surface area contributed by atoms with E-state index in [1.807, 2.05) is 0 Å². The molecule has 0 atom stereocenters. The van der Waals surface area contributed by atoms with Crippen LogP contribution < -0.4 is 5.73 Å². The van der Waals surface area contributed by atoms with Crippen molar-refractivity contribution in [3.8, 4) is 0 Å². The van der Waals surface area contributed by atoms with E-state index in [1.54, 1.807) is 0 Å². The van der Waals surface area contributed by atoms with Crippen molar-refractivity contribution in [3.63, 3.8) is 0 Å². The summed E-state index contributed by atoms with van der Waals surface area (Å²) in [6, 6.07) is 0. The fraction of sp³-hybridized carbons (Fsp3) is 0.429. The zero-order chi connectivity index (χ0) is 8.97. The lowest BCUT2D eigenvalue weighted by molar-refractivity contribution is 0.0606. The summed E-state index contributed by atoms with van der Waals surface area (Å²) in [5.74, 6) is -0.337. The van der Waals surface area contributed by atoms with Gasteiger partial charge in [0, 0.05) is 6.42 Å². The van der Waals surface area contributed by atoms with Gasteiger partial charge < -0.3 is 10.5 Å². The van der Waals surface area contributed by atoms with Crippen LogP contribution in [0.1, 0.15) is 14.7 Å². The van der Waals surface area contributed by atoms with Gasteiger partial charge in [-0.1, -0.05) is 0 Å². The topological polar surface area (TPSA) is 65.2 Å². The highest BCUT2D eigenvalue weighted by Crippen LogP contribution is 2.13. The summed E-state index contributed by atoms with van der Waals surface area (Å²) < 4.78 is 4.53. The third-order valence-corrected chi connectivity index (χ3v) is 2.34. The molecule has 0 saturated heterocycles. The van der Waals surface area contributed by atoms with Gasteiger partial charge in [0.05, 0.1) is 18.3 Å². The second-order valence-corrected chi connectivity index (χ2v) is 3.26. The Morgan fingerprint density at radius 2 is 2.58 bits per heavy atom. The highest BCUT2D eigenvalue weighted by molar-refractivity contribution is 7.13. The van der Waals surface area contributed by atoms with Crippen molar-refractivity contribution in [1.29, 1.82) is 0 Å². The summed E-state index contributed by atoms with van der Waals surface area (Å²) in [6.45, 7) is 0.550. The van der Waals surface area contributed by atoms with Gasteiger partial charge >= 0.3 is 5.97 Å². The first-order chi connectivity index (χ1) is 5.77. The molecule has 1 heterocycles. The zero-order valence-corrected chi connectivity index (χ0v) is 7.56. The maximum absolute atomic E-state index is 10.9. The molecule has 0 spiro atoms. The van der Waals surface area contributed by atoms with Crippen molar-refractivity contribution in [2.24, 2.45) is 5.73 Å². The van der Waals surface area contributed by atoms with Crippen molar-refractivity contribution in [1.82, 2.24) is 4.98 Å². The molecule has 0 saturated carbocycles. The average Bonchev–Trinajstić information content (AvgIpc) is 2.52. The van der Waals surface area contributed by atoms with E-state index in [1.165, 1.54) is 24.6 Å². The molecule has 0 aromatic carbocycles. The minimum absolute atomic E-state index is 0.337. The normalized spacial score (nSPS) is 9.83. The van der Waals surface area contributed by atoms with E-state index < -0.39 is 0 Å². The molecule has 5 heteroatoms. The molecule has 0 unspecified atom stereocenters. The second-order valence-electron chi connectivity index (χ2n) is 2.15. The molecule has 1 aromatic heterocycles. The van der Waals surface area contributed by atoms with Crippen molar-refractivity contribution in [3.05, 3.63) is 16.1 Å². The van der Waals surface area contributed by atoms with Crippen LogP contribution in [0.5, 0.6) is 0 Å². The molecule has 0 aliphatic carbocycles.